The number of rotatable bonds is 3. The molecule has 20 heavy (non-hydrogen) atoms. The normalized spacial score (nSPS) is 21.8. The van der Waals surface area contributed by atoms with Crippen molar-refractivity contribution >= 4 is 23.6 Å². The number of nitrogens with one attached hydrogen (secondary N) is 1. The van der Waals surface area contributed by atoms with Gasteiger partial charge in [0.1, 0.15) is 5.54 Å². The molecule has 2 amide bonds. The molecular formula is C14H17ClN2O3. The van der Waals surface area contributed by atoms with Gasteiger partial charge < -0.3 is 15.3 Å². The Balaban J connectivity index is 2.00. The first kappa shape index (κ1) is 14.7. The number of carbonyl (C=O) groups is 2. The lowest BCUT2D eigenvalue weighted by Crippen LogP contribution is -2.53. The van der Waals surface area contributed by atoms with Gasteiger partial charge in [-0.05, 0) is 37.5 Å². The average molecular weight is 297 g/mol. The summed E-state index contributed by atoms with van der Waals surface area (Å²) in [5.41, 5.74) is -0.236. The summed E-state index contributed by atoms with van der Waals surface area (Å²) in [6.45, 7) is 2.37. The Labute approximate surface area is 122 Å². The van der Waals surface area contributed by atoms with E-state index >= 15 is 0 Å². The molecule has 1 aliphatic rings. The van der Waals surface area contributed by atoms with Gasteiger partial charge in [-0.3, -0.25) is 0 Å². The molecule has 1 unspecified atom stereocenters. The van der Waals surface area contributed by atoms with Crippen LogP contribution in [0.4, 0.5) is 4.79 Å². The summed E-state index contributed by atoms with van der Waals surface area (Å²) in [5, 5.41) is 12.6. The van der Waals surface area contributed by atoms with Crippen molar-refractivity contribution in [3.05, 3.63) is 34.9 Å². The zero-order chi connectivity index (χ0) is 14.8. The molecule has 1 atom stereocenters. The number of benzene rings is 1. The van der Waals surface area contributed by atoms with E-state index in [9.17, 15) is 14.7 Å². The fourth-order valence-corrected chi connectivity index (χ4v) is 2.64. The third-order valence-electron chi connectivity index (χ3n) is 3.68. The molecule has 5 nitrogen and oxygen atoms in total. The van der Waals surface area contributed by atoms with Crippen LogP contribution in [0, 0.1) is 0 Å². The molecule has 0 spiro atoms. The second-order valence-corrected chi connectivity index (χ2v) is 5.56. The van der Waals surface area contributed by atoms with Gasteiger partial charge >= 0.3 is 12.0 Å². The minimum absolute atomic E-state index is 0.325. The minimum Gasteiger partial charge on any atom is -0.480 e. The maximum Gasteiger partial charge on any atom is 0.329 e. The Kier molecular flexibility index (Phi) is 4.18. The van der Waals surface area contributed by atoms with Crippen molar-refractivity contribution in [3.63, 3.8) is 0 Å². The van der Waals surface area contributed by atoms with E-state index in [1.807, 2.05) is 6.07 Å². The van der Waals surface area contributed by atoms with Crippen LogP contribution in [0.25, 0.3) is 0 Å². The van der Waals surface area contributed by atoms with Gasteiger partial charge in [-0.15, -0.1) is 0 Å². The molecule has 108 valence electrons. The van der Waals surface area contributed by atoms with Crippen LogP contribution in [-0.2, 0) is 11.3 Å². The summed E-state index contributed by atoms with van der Waals surface area (Å²) in [6.07, 6.45) is 1.18. The number of nitrogens with zero attached hydrogens (tertiary/aromatic N) is 1. The number of amides is 2. The molecule has 1 heterocycles. The molecule has 1 aromatic carbocycles. The molecule has 2 rings (SSSR count). The number of likely N-dealkylation sites (tertiary alicyclic amines) is 1. The van der Waals surface area contributed by atoms with Gasteiger partial charge in [0.25, 0.3) is 0 Å². The molecular weight excluding hydrogens is 280 g/mol. The number of hydrogen-bond donors (Lipinski definition) is 2. The number of aliphatic carboxylic acids is 1. The summed E-state index contributed by atoms with van der Waals surface area (Å²) in [6, 6.07) is 6.83. The molecule has 2 N–H and O–H groups in total. The Hall–Kier alpha value is -1.75. The van der Waals surface area contributed by atoms with Gasteiger partial charge in [-0.1, -0.05) is 23.7 Å². The van der Waals surface area contributed by atoms with Crippen molar-refractivity contribution in [1.82, 2.24) is 10.2 Å². The lowest BCUT2D eigenvalue weighted by molar-refractivity contribution is -0.147. The van der Waals surface area contributed by atoms with Crippen molar-refractivity contribution in [2.75, 3.05) is 6.54 Å². The summed E-state index contributed by atoms with van der Waals surface area (Å²) in [7, 11) is 0. The van der Waals surface area contributed by atoms with E-state index in [4.69, 9.17) is 11.6 Å². The molecule has 0 bridgehead atoms. The van der Waals surface area contributed by atoms with Crippen LogP contribution in [0.3, 0.4) is 0 Å². The van der Waals surface area contributed by atoms with Crippen LogP contribution in [0.2, 0.25) is 5.02 Å². The van der Waals surface area contributed by atoms with Gasteiger partial charge in [0.2, 0.25) is 0 Å². The molecule has 1 aromatic rings. The number of carbonyl (C=O) groups excluding carboxylic acids is 1. The maximum absolute atomic E-state index is 12.1. The summed E-state index contributed by atoms with van der Waals surface area (Å²) < 4.78 is 0. The Morgan fingerprint density at radius 1 is 1.50 bits per heavy atom. The summed E-state index contributed by atoms with van der Waals surface area (Å²) in [5.74, 6) is -0.965. The van der Waals surface area contributed by atoms with Gasteiger partial charge in [0, 0.05) is 18.1 Å². The molecule has 0 aromatic heterocycles. The summed E-state index contributed by atoms with van der Waals surface area (Å²) >= 11 is 5.87. The van der Waals surface area contributed by atoms with Gasteiger partial charge in [0.15, 0.2) is 0 Å². The van der Waals surface area contributed by atoms with Crippen LogP contribution in [0.5, 0.6) is 0 Å². The molecule has 1 saturated heterocycles. The van der Waals surface area contributed by atoms with E-state index in [1.54, 1.807) is 25.1 Å². The van der Waals surface area contributed by atoms with Crippen molar-refractivity contribution in [2.45, 2.75) is 31.8 Å². The van der Waals surface area contributed by atoms with Crippen LogP contribution in [0.15, 0.2) is 24.3 Å². The molecule has 1 aliphatic heterocycles. The van der Waals surface area contributed by atoms with Crippen LogP contribution in [-0.4, -0.2) is 34.1 Å². The van der Waals surface area contributed by atoms with E-state index in [-0.39, 0.29) is 6.03 Å². The Morgan fingerprint density at radius 3 is 2.90 bits per heavy atom. The predicted octanol–water partition coefficient (Wildman–Crippen LogP) is 2.49. The molecule has 6 heteroatoms. The lowest BCUT2D eigenvalue weighted by Gasteiger charge is -2.31. The highest BCUT2D eigenvalue weighted by atomic mass is 35.5. The number of halogens is 1. The lowest BCUT2D eigenvalue weighted by atomic mass is 10.00. The molecule has 0 saturated carbocycles. The van der Waals surface area contributed by atoms with Gasteiger partial charge in [0.05, 0.1) is 0 Å². The molecule has 0 radical (unpaired) electrons. The van der Waals surface area contributed by atoms with Crippen LogP contribution in [0.1, 0.15) is 25.3 Å². The topological polar surface area (TPSA) is 69.6 Å². The average Bonchev–Trinajstić information content (AvgIpc) is 2.80. The maximum atomic E-state index is 12.1. The SMILES string of the molecule is CC1(C(=O)O)CCCN1C(=O)NCc1cccc(Cl)c1. The first-order valence-corrected chi connectivity index (χ1v) is 6.84. The van der Waals surface area contributed by atoms with E-state index in [2.05, 4.69) is 5.32 Å². The fourth-order valence-electron chi connectivity index (χ4n) is 2.43. The van der Waals surface area contributed by atoms with E-state index < -0.39 is 11.5 Å². The van der Waals surface area contributed by atoms with Crippen molar-refractivity contribution in [3.8, 4) is 0 Å². The number of hydrogen-bond acceptors (Lipinski definition) is 2. The Morgan fingerprint density at radius 2 is 2.25 bits per heavy atom. The second kappa shape index (κ2) is 5.71. The monoisotopic (exact) mass is 296 g/mol. The number of carboxylic acid groups (broad SMARTS) is 1. The predicted molar refractivity (Wildman–Crippen MR) is 75.7 cm³/mol. The number of urea groups is 1. The Bertz CT molecular complexity index is 535. The highest BCUT2D eigenvalue weighted by Gasteiger charge is 2.45. The van der Waals surface area contributed by atoms with Crippen LogP contribution < -0.4 is 5.32 Å². The molecule has 1 fully saturated rings. The second-order valence-electron chi connectivity index (χ2n) is 5.12. The van der Waals surface area contributed by atoms with Crippen molar-refractivity contribution < 1.29 is 14.7 Å². The van der Waals surface area contributed by atoms with Gasteiger partial charge in [-0.25, -0.2) is 9.59 Å². The standard InChI is InChI=1S/C14H17ClN2O3/c1-14(12(18)19)6-3-7-17(14)13(20)16-9-10-4-2-5-11(15)8-10/h2,4-5,8H,3,6-7,9H2,1H3,(H,16,20)(H,18,19). The van der Waals surface area contributed by atoms with E-state index in [1.165, 1.54) is 4.90 Å². The third-order valence-corrected chi connectivity index (χ3v) is 3.91. The highest BCUT2D eigenvalue weighted by molar-refractivity contribution is 6.30. The quantitative estimate of drug-likeness (QED) is 0.900. The third kappa shape index (κ3) is 2.88. The van der Waals surface area contributed by atoms with Crippen molar-refractivity contribution in [1.29, 1.82) is 0 Å². The smallest absolute Gasteiger partial charge is 0.329 e. The summed E-state index contributed by atoms with van der Waals surface area (Å²) in [4.78, 5) is 24.8. The van der Waals surface area contributed by atoms with Crippen molar-refractivity contribution in [2.24, 2.45) is 0 Å². The van der Waals surface area contributed by atoms with E-state index in [0.717, 1.165) is 5.56 Å². The van der Waals surface area contributed by atoms with Crippen LogP contribution >= 0.6 is 11.6 Å². The highest BCUT2D eigenvalue weighted by Crippen LogP contribution is 2.29. The number of carboxylic acids is 1. The first-order chi connectivity index (χ1) is 9.43. The van der Waals surface area contributed by atoms with Gasteiger partial charge in [-0.2, -0.15) is 0 Å². The van der Waals surface area contributed by atoms with E-state index in [0.29, 0.717) is 31.0 Å². The molecule has 0 aliphatic carbocycles. The first-order valence-electron chi connectivity index (χ1n) is 6.47. The largest absolute Gasteiger partial charge is 0.480 e. The zero-order valence-corrected chi connectivity index (χ0v) is 12.0. The fraction of sp³-hybridized carbons (Fsp3) is 0.429. The zero-order valence-electron chi connectivity index (χ0n) is 11.2. The minimum atomic E-state index is -1.11.